The van der Waals surface area contributed by atoms with E-state index in [1.54, 1.807) is 0 Å². The molecule has 5 rings (SSSR count). The predicted octanol–water partition coefficient (Wildman–Crippen LogP) is 6.12. The second kappa shape index (κ2) is 12.5. The van der Waals surface area contributed by atoms with Crippen molar-refractivity contribution in [2.75, 3.05) is 26.8 Å². The highest BCUT2D eigenvalue weighted by molar-refractivity contribution is 5.75. The third-order valence-electron chi connectivity index (χ3n) is 12.1. The van der Waals surface area contributed by atoms with Crippen molar-refractivity contribution < 1.29 is 20.1 Å². The first kappa shape index (κ1) is 29.9. The van der Waals surface area contributed by atoms with Crippen LogP contribution in [0.1, 0.15) is 111 Å². The molecular formula is C31H57NO4. The summed E-state index contributed by atoms with van der Waals surface area (Å²) in [4.78, 5) is 12.3. The van der Waals surface area contributed by atoms with Crippen LogP contribution in [0.2, 0.25) is 0 Å². The minimum Gasteiger partial charge on any atom is -0.481 e. The molecule has 5 heteroatoms. The highest BCUT2D eigenvalue weighted by Crippen LogP contribution is 2.71. The maximum absolute atomic E-state index is 12.3. The van der Waals surface area contributed by atoms with Crippen LogP contribution in [-0.2, 0) is 4.79 Å². The molecule has 0 bridgehead atoms. The van der Waals surface area contributed by atoms with Crippen LogP contribution in [0, 0.1) is 51.8 Å². The Bertz CT molecular complexity index is 711. The number of hydrogen-bond donors (Lipinski definition) is 4. The molecule has 9 atom stereocenters. The summed E-state index contributed by atoms with van der Waals surface area (Å²) in [6, 6.07) is 0. The number of aliphatic carboxylic acids is 1. The highest BCUT2D eigenvalue weighted by atomic mass is 16.4. The molecule has 0 aromatic carbocycles. The van der Waals surface area contributed by atoms with Crippen molar-refractivity contribution in [1.82, 2.24) is 5.32 Å². The molecule has 5 aliphatic rings. The minimum atomic E-state index is -0.465. The quantitative estimate of drug-likeness (QED) is 0.337. The zero-order valence-corrected chi connectivity index (χ0v) is 24.0. The molecule has 0 heterocycles. The Balaban J connectivity index is 0.000000350. The topological polar surface area (TPSA) is 89.8 Å². The molecule has 0 aliphatic heterocycles. The van der Waals surface area contributed by atoms with Crippen molar-refractivity contribution >= 4 is 5.97 Å². The molecule has 5 nitrogen and oxygen atoms in total. The lowest BCUT2D eigenvalue weighted by Gasteiger charge is -2.67. The van der Waals surface area contributed by atoms with Crippen LogP contribution in [0.3, 0.4) is 0 Å². The van der Waals surface area contributed by atoms with Gasteiger partial charge in [-0.2, -0.15) is 0 Å². The van der Waals surface area contributed by atoms with Crippen molar-refractivity contribution in [3.63, 3.8) is 0 Å². The lowest BCUT2D eigenvalue weighted by Crippen LogP contribution is -2.60. The van der Waals surface area contributed by atoms with Crippen molar-refractivity contribution in [3.8, 4) is 0 Å². The van der Waals surface area contributed by atoms with Gasteiger partial charge in [0.05, 0.1) is 12.0 Å². The Morgan fingerprint density at radius 2 is 1.50 bits per heavy atom. The van der Waals surface area contributed by atoms with Gasteiger partial charge >= 0.3 is 5.97 Å². The average Bonchev–Trinajstić information content (AvgIpc) is 3.32. The van der Waals surface area contributed by atoms with Crippen molar-refractivity contribution in [1.29, 1.82) is 0 Å². The SMILES string of the molecule is CC1CCCC2(C)C1CCC1(C)C3CCC4(C(=O)O)CCCC4C3CCC21.CCCNCCO.CO. The predicted molar refractivity (Wildman–Crippen MR) is 147 cm³/mol. The van der Waals surface area contributed by atoms with E-state index in [0.29, 0.717) is 22.7 Å². The number of carboxylic acid groups (broad SMARTS) is 1. The van der Waals surface area contributed by atoms with E-state index < -0.39 is 5.97 Å². The Labute approximate surface area is 221 Å². The molecule has 9 unspecified atom stereocenters. The standard InChI is InChI=1S/C25H40O2.C5H13NO.CH4O/c1-16-6-4-12-23(2)18(16)10-14-24(3)19-11-15-25(22(26)27)13-5-7-20(25)17(19)8-9-21(23)24;1-2-3-6-4-5-7;1-2/h16-21H,4-15H2,1-3H3,(H,26,27);6-7H,2-5H2,1H3;2H,1H3. The number of aliphatic hydroxyl groups is 2. The number of aliphatic hydroxyl groups excluding tert-OH is 2. The molecular weight excluding hydrogens is 450 g/mol. The highest BCUT2D eigenvalue weighted by Gasteiger charge is 2.65. The second-order valence-electron chi connectivity index (χ2n) is 13.4. The molecule has 210 valence electrons. The molecule has 0 aromatic rings. The van der Waals surface area contributed by atoms with E-state index in [1.165, 1.54) is 57.8 Å². The lowest BCUT2D eigenvalue weighted by atomic mass is 9.38. The van der Waals surface area contributed by atoms with E-state index >= 15 is 0 Å². The summed E-state index contributed by atoms with van der Waals surface area (Å²) < 4.78 is 0. The molecule has 0 radical (unpaired) electrons. The summed E-state index contributed by atoms with van der Waals surface area (Å²) in [7, 11) is 1.00. The van der Waals surface area contributed by atoms with E-state index in [-0.39, 0.29) is 12.0 Å². The van der Waals surface area contributed by atoms with Gasteiger partial charge in [0.25, 0.3) is 0 Å². The van der Waals surface area contributed by atoms with Crippen LogP contribution in [0.25, 0.3) is 0 Å². The van der Waals surface area contributed by atoms with Crippen LogP contribution in [0.4, 0.5) is 0 Å². The molecule has 4 N–H and O–H groups in total. The smallest absolute Gasteiger partial charge is 0.309 e. The molecule has 36 heavy (non-hydrogen) atoms. The minimum absolute atomic E-state index is 0.250. The molecule has 5 aliphatic carbocycles. The lowest BCUT2D eigenvalue weighted by molar-refractivity contribution is -0.190. The van der Waals surface area contributed by atoms with Gasteiger partial charge in [-0.1, -0.05) is 47.0 Å². The van der Waals surface area contributed by atoms with E-state index in [2.05, 4.69) is 33.0 Å². The third kappa shape index (κ3) is 5.15. The fourth-order valence-corrected chi connectivity index (χ4v) is 10.7. The summed E-state index contributed by atoms with van der Waals surface area (Å²) in [5.74, 6) is 4.23. The number of nitrogens with one attached hydrogen (secondary N) is 1. The first-order valence-electron chi connectivity index (χ1n) is 15.2. The average molecular weight is 508 g/mol. The first-order valence-corrected chi connectivity index (χ1v) is 15.2. The largest absolute Gasteiger partial charge is 0.481 e. The number of hydrogen-bond acceptors (Lipinski definition) is 4. The van der Waals surface area contributed by atoms with Crippen LogP contribution >= 0.6 is 0 Å². The Kier molecular flexibility index (Phi) is 10.4. The summed E-state index contributed by atoms with van der Waals surface area (Å²) in [6.07, 6.45) is 16.4. The van der Waals surface area contributed by atoms with E-state index in [0.717, 1.165) is 69.6 Å². The summed E-state index contributed by atoms with van der Waals surface area (Å²) in [6.45, 7) is 11.9. The molecule has 0 aromatic heterocycles. The summed E-state index contributed by atoms with van der Waals surface area (Å²) in [5.41, 5.74) is 0.663. The van der Waals surface area contributed by atoms with E-state index in [1.807, 2.05) is 0 Å². The number of carboxylic acids is 1. The van der Waals surface area contributed by atoms with Crippen molar-refractivity contribution in [2.24, 2.45) is 51.8 Å². The van der Waals surface area contributed by atoms with Crippen molar-refractivity contribution in [2.45, 2.75) is 111 Å². The molecule has 0 saturated heterocycles. The maximum atomic E-state index is 12.3. The van der Waals surface area contributed by atoms with Gasteiger partial charge in [0.1, 0.15) is 0 Å². The number of rotatable bonds is 5. The monoisotopic (exact) mass is 507 g/mol. The van der Waals surface area contributed by atoms with Gasteiger partial charge in [0.2, 0.25) is 0 Å². The molecule has 5 saturated carbocycles. The Hall–Kier alpha value is -0.650. The third-order valence-corrected chi connectivity index (χ3v) is 12.1. The van der Waals surface area contributed by atoms with Crippen molar-refractivity contribution in [3.05, 3.63) is 0 Å². The zero-order chi connectivity index (χ0) is 26.6. The van der Waals surface area contributed by atoms with Gasteiger partial charge < -0.3 is 20.6 Å². The van der Waals surface area contributed by atoms with E-state index in [9.17, 15) is 9.90 Å². The molecule has 0 spiro atoms. The molecule has 5 fully saturated rings. The van der Waals surface area contributed by atoms with Crippen LogP contribution in [0.15, 0.2) is 0 Å². The van der Waals surface area contributed by atoms with Gasteiger partial charge in [0, 0.05) is 13.7 Å². The number of fused-ring (bicyclic) bond motifs is 7. The second-order valence-corrected chi connectivity index (χ2v) is 13.4. The summed E-state index contributed by atoms with van der Waals surface area (Å²) >= 11 is 0. The Morgan fingerprint density at radius 1 is 0.833 bits per heavy atom. The normalized spacial score (nSPS) is 44.9. The zero-order valence-electron chi connectivity index (χ0n) is 24.0. The van der Waals surface area contributed by atoms with Gasteiger partial charge in [-0.15, -0.1) is 0 Å². The fourth-order valence-electron chi connectivity index (χ4n) is 10.7. The summed E-state index contributed by atoms with van der Waals surface area (Å²) in [5, 5.41) is 28.4. The fraction of sp³-hybridized carbons (Fsp3) is 0.968. The van der Waals surface area contributed by atoms with Gasteiger partial charge in [0.15, 0.2) is 0 Å². The van der Waals surface area contributed by atoms with Crippen LogP contribution < -0.4 is 5.32 Å². The van der Waals surface area contributed by atoms with Crippen LogP contribution in [-0.4, -0.2) is 48.1 Å². The Morgan fingerprint density at radius 3 is 2.17 bits per heavy atom. The van der Waals surface area contributed by atoms with Crippen LogP contribution in [0.5, 0.6) is 0 Å². The molecule has 0 amide bonds. The number of carbonyl (C=O) groups is 1. The van der Waals surface area contributed by atoms with Gasteiger partial charge in [-0.3, -0.25) is 4.79 Å². The maximum Gasteiger partial charge on any atom is 0.309 e. The van der Waals surface area contributed by atoms with Gasteiger partial charge in [-0.25, -0.2) is 0 Å². The first-order chi connectivity index (χ1) is 17.2. The van der Waals surface area contributed by atoms with E-state index in [4.69, 9.17) is 10.2 Å². The van der Waals surface area contributed by atoms with Gasteiger partial charge in [-0.05, 0) is 117 Å².